The lowest BCUT2D eigenvalue weighted by atomic mass is 9.45. The van der Waals surface area contributed by atoms with E-state index in [2.05, 4.69) is 30.9 Å². The highest BCUT2D eigenvalue weighted by molar-refractivity contribution is 6.05. The fourth-order valence-electron chi connectivity index (χ4n) is 6.96. The summed E-state index contributed by atoms with van der Waals surface area (Å²) in [5.41, 5.74) is 2.65. The van der Waals surface area contributed by atoms with Gasteiger partial charge in [-0.2, -0.15) is 5.26 Å². The Kier molecular flexibility index (Phi) is 4.70. The number of rotatable bonds is 4. The zero-order chi connectivity index (χ0) is 20.2. The summed E-state index contributed by atoms with van der Waals surface area (Å²) >= 11 is 0. The summed E-state index contributed by atoms with van der Waals surface area (Å²) in [5, 5.41) is 9.19. The molecular weight excluding hydrogens is 358 g/mol. The van der Waals surface area contributed by atoms with Crippen LogP contribution < -0.4 is 4.90 Å². The molecule has 1 aromatic carbocycles. The molecule has 0 aromatic heterocycles. The minimum absolute atomic E-state index is 0.140. The van der Waals surface area contributed by atoms with E-state index in [0.717, 1.165) is 54.9 Å². The predicted octanol–water partition coefficient (Wildman–Crippen LogP) is 4.57. The molecule has 29 heavy (non-hydrogen) atoms. The van der Waals surface area contributed by atoms with Crippen molar-refractivity contribution in [2.75, 3.05) is 24.5 Å². The van der Waals surface area contributed by atoms with Gasteiger partial charge in [0.15, 0.2) is 0 Å². The van der Waals surface area contributed by atoms with Gasteiger partial charge in [0.2, 0.25) is 5.91 Å². The molecule has 2 bridgehead atoms. The maximum atomic E-state index is 13.1. The van der Waals surface area contributed by atoms with Crippen LogP contribution in [0.1, 0.15) is 63.9 Å². The monoisotopic (exact) mass is 391 g/mol. The lowest BCUT2D eigenvalue weighted by Crippen LogP contribution is -2.55. The van der Waals surface area contributed by atoms with Crippen LogP contribution in [-0.2, 0) is 4.79 Å². The molecule has 3 saturated carbocycles. The highest BCUT2D eigenvalue weighted by atomic mass is 16.2. The van der Waals surface area contributed by atoms with Crippen LogP contribution in [0.5, 0.6) is 0 Å². The van der Waals surface area contributed by atoms with Gasteiger partial charge in [-0.15, -0.1) is 0 Å². The van der Waals surface area contributed by atoms with Gasteiger partial charge >= 0.3 is 0 Å². The van der Waals surface area contributed by atoms with Crippen LogP contribution in [0.2, 0.25) is 0 Å². The molecule has 1 amide bonds. The first kappa shape index (κ1) is 19.1. The predicted molar refractivity (Wildman–Crippen MR) is 114 cm³/mol. The number of piperidine rings is 1. The van der Waals surface area contributed by atoms with E-state index in [0.29, 0.717) is 5.41 Å². The van der Waals surface area contributed by atoms with Crippen LogP contribution in [0.15, 0.2) is 24.3 Å². The third-order valence-corrected chi connectivity index (χ3v) is 8.82. The molecule has 4 nitrogen and oxygen atoms in total. The second-order valence-electron chi connectivity index (χ2n) is 10.4. The van der Waals surface area contributed by atoms with E-state index < -0.39 is 0 Å². The summed E-state index contributed by atoms with van der Waals surface area (Å²) in [4.78, 5) is 17.8. The van der Waals surface area contributed by atoms with Crippen LogP contribution >= 0.6 is 0 Å². The van der Waals surface area contributed by atoms with Gasteiger partial charge < -0.3 is 9.80 Å². The number of hydrogen-bond acceptors (Lipinski definition) is 3. The highest BCUT2D eigenvalue weighted by Gasteiger charge is 2.54. The van der Waals surface area contributed by atoms with E-state index in [1.165, 1.54) is 25.8 Å². The van der Waals surface area contributed by atoms with Gasteiger partial charge in [0, 0.05) is 31.4 Å². The van der Waals surface area contributed by atoms with Crippen LogP contribution in [0.3, 0.4) is 0 Å². The van der Waals surface area contributed by atoms with E-state index in [1.807, 2.05) is 23.1 Å². The molecular formula is C25H33N3O. The molecule has 1 saturated heterocycles. The number of nitriles is 1. The van der Waals surface area contributed by atoms with Gasteiger partial charge in [-0.3, -0.25) is 4.79 Å². The maximum absolute atomic E-state index is 13.1. The van der Waals surface area contributed by atoms with Gasteiger partial charge in [-0.05, 0) is 66.9 Å². The number of carbonyl (C=O) groups excluding carboxylic acids is 1. The Balaban J connectivity index is 1.23. The average Bonchev–Trinajstić information content (AvgIpc) is 3.01. The first-order chi connectivity index (χ1) is 14.0. The zero-order valence-electron chi connectivity index (χ0n) is 17.8. The minimum Gasteiger partial charge on any atom is -0.308 e. The van der Waals surface area contributed by atoms with Crippen molar-refractivity contribution in [1.82, 2.24) is 4.90 Å². The number of nitrogens with zero attached hydrogens (tertiary/aromatic N) is 3. The van der Waals surface area contributed by atoms with E-state index in [-0.39, 0.29) is 24.3 Å². The van der Waals surface area contributed by atoms with Crippen molar-refractivity contribution in [3.63, 3.8) is 0 Å². The van der Waals surface area contributed by atoms with Gasteiger partial charge in [-0.25, -0.2) is 0 Å². The quantitative estimate of drug-likeness (QED) is 0.755. The molecule has 6 rings (SSSR count). The summed E-state index contributed by atoms with van der Waals surface area (Å²) in [5.74, 6) is 2.61. The van der Waals surface area contributed by atoms with Crippen molar-refractivity contribution >= 4 is 11.6 Å². The molecule has 4 heteroatoms. The van der Waals surface area contributed by atoms with Gasteiger partial charge in [0.25, 0.3) is 0 Å². The Labute approximate surface area is 174 Å². The number of benzene rings is 1. The lowest BCUT2D eigenvalue weighted by Gasteiger charge is -2.61. The van der Waals surface area contributed by atoms with Crippen LogP contribution in [-0.4, -0.2) is 36.5 Å². The summed E-state index contributed by atoms with van der Waals surface area (Å²) in [6.45, 7) is 8.39. The number of carbonyl (C=O) groups is 1. The van der Waals surface area contributed by atoms with Gasteiger partial charge in [-0.1, -0.05) is 32.0 Å². The Morgan fingerprint density at radius 2 is 1.90 bits per heavy atom. The summed E-state index contributed by atoms with van der Waals surface area (Å²) < 4.78 is 0. The third kappa shape index (κ3) is 3.01. The average molecular weight is 392 g/mol. The molecule has 0 radical (unpaired) electrons. The van der Waals surface area contributed by atoms with Gasteiger partial charge in [0.05, 0.1) is 18.4 Å². The second kappa shape index (κ2) is 7.13. The largest absolute Gasteiger partial charge is 0.308 e. The van der Waals surface area contributed by atoms with Crippen LogP contribution in [0, 0.1) is 34.5 Å². The number of fused-ring (bicyclic) bond motifs is 3. The molecule has 3 aliphatic carbocycles. The number of amides is 1. The molecule has 5 aliphatic rings. The van der Waals surface area contributed by atoms with Gasteiger partial charge in [0.1, 0.15) is 0 Å². The maximum Gasteiger partial charge on any atom is 0.235 e. The first-order valence-electron chi connectivity index (χ1n) is 11.5. The molecule has 1 aromatic rings. The molecule has 0 spiro atoms. The van der Waals surface area contributed by atoms with E-state index in [4.69, 9.17) is 0 Å². The SMILES string of the molecule is CC1(C)C2CCC(CN3CCC(N4C(=O)C(CC#N)c5ccccc54)CC3)C1C2. The van der Waals surface area contributed by atoms with Crippen molar-refractivity contribution in [3.8, 4) is 6.07 Å². The molecule has 4 unspecified atom stereocenters. The van der Waals surface area contributed by atoms with E-state index in [1.54, 1.807) is 0 Å². The van der Waals surface area contributed by atoms with E-state index in [9.17, 15) is 10.1 Å². The lowest BCUT2D eigenvalue weighted by molar-refractivity contribution is -0.120. The van der Waals surface area contributed by atoms with Crippen molar-refractivity contribution < 1.29 is 4.79 Å². The zero-order valence-corrected chi connectivity index (χ0v) is 17.8. The standard InChI is InChI=1S/C25H33N3O/c1-25(2)18-8-7-17(22(25)15-18)16-27-13-10-19(11-14-27)28-23-6-4-3-5-20(23)21(9-12-26)24(28)29/h3-6,17-19,21-22H,7-11,13-16H2,1-2H3. The topological polar surface area (TPSA) is 47.3 Å². The van der Waals surface area contributed by atoms with Crippen LogP contribution in [0.4, 0.5) is 5.69 Å². The summed E-state index contributed by atoms with van der Waals surface area (Å²) in [7, 11) is 0. The third-order valence-electron chi connectivity index (χ3n) is 8.82. The Morgan fingerprint density at radius 1 is 1.14 bits per heavy atom. The summed E-state index contributed by atoms with van der Waals surface area (Å²) in [6.07, 6.45) is 6.65. The molecule has 154 valence electrons. The van der Waals surface area contributed by atoms with Crippen molar-refractivity contribution in [2.24, 2.45) is 23.2 Å². The minimum atomic E-state index is -0.273. The molecule has 4 atom stereocenters. The smallest absolute Gasteiger partial charge is 0.235 e. The van der Waals surface area contributed by atoms with Crippen LogP contribution in [0.25, 0.3) is 0 Å². The number of likely N-dealkylation sites (tertiary alicyclic amines) is 1. The number of para-hydroxylation sites is 1. The van der Waals surface area contributed by atoms with Crippen molar-refractivity contribution in [3.05, 3.63) is 29.8 Å². The fourth-order valence-corrected chi connectivity index (χ4v) is 6.96. The first-order valence-corrected chi connectivity index (χ1v) is 11.5. The molecule has 4 fully saturated rings. The fraction of sp³-hybridized carbons (Fsp3) is 0.680. The molecule has 2 aliphatic heterocycles. The van der Waals surface area contributed by atoms with Crippen molar-refractivity contribution in [2.45, 2.75) is 64.3 Å². The Hall–Kier alpha value is -1.86. The molecule has 2 heterocycles. The number of anilines is 1. The van der Waals surface area contributed by atoms with Crippen molar-refractivity contribution in [1.29, 1.82) is 5.26 Å². The summed E-state index contributed by atoms with van der Waals surface area (Å²) in [6, 6.07) is 10.6. The highest BCUT2D eigenvalue weighted by Crippen LogP contribution is 2.61. The Morgan fingerprint density at radius 3 is 2.59 bits per heavy atom. The van der Waals surface area contributed by atoms with E-state index >= 15 is 0 Å². The second-order valence-corrected chi connectivity index (χ2v) is 10.4. The number of hydrogen-bond donors (Lipinski definition) is 0. The molecule has 0 N–H and O–H groups in total. The normalized spacial score (nSPS) is 33.8. The Bertz CT molecular complexity index is 831.